The molecule has 11 heteroatoms. The second-order valence-electron chi connectivity index (χ2n) is 7.82. The summed E-state index contributed by atoms with van der Waals surface area (Å²) in [6.45, 7) is 10.1. The molecule has 0 radical (unpaired) electrons. The molecule has 1 aromatic carbocycles. The number of alkyl halides is 3. The van der Waals surface area contributed by atoms with Crippen LogP contribution in [0.2, 0.25) is 5.02 Å². The molecule has 1 aliphatic heterocycles. The Balaban J connectivity index is 1.84. The molecule has 0 bridgehead atoms. The van der Waals surface area contributed by atoms with Crippen LogP contribution in [-0.4, -0.2) is 36.5 Å². The molecule has 1 atom stereocenters. The Bertz CT molecular complexity index is 1180. The molecule has 0 fully saturated rings. The first-order chi connectivity index (χ1) is 16.5. The van der Waals surface area contributed by atoms with Crippen LogP contribution in [0.4, 0.5) is 19.0 Å². The Morgan fingerprint density at radius 1 is 1.31 bits per heavy atom. The molecular weight excluding hydrogens is 487 g/mol. The molecule has 0 saturated carbocycles. The van der Waals surface area contributed by atoms with Gasteiger partial charge >= 0.3 is 6.36 Å². The first kappa shape index (κ1) is 26.5. The molecule has 1 amide bonds. The quantitative estimate of drug-likeness (QED) is 0.259. The summed E-state index contributed by atoms with van der Waals surface area (Å²) in [5.41, 5.74) is 8.62. The molecular formula is C24H25ClF3N3O4. The smallest absolute Gasteiger partial charge is 0.406 e. The first-order valence-corrected chi connectivity index (χ1v) is 11.1. The molecule has 2 heterocycles. The highest BCUT2D eigenvalue weighted by Gasteiger charge is 2.31. The van der Waals surface area contributed by atoms with Crippen LogP contribution in [0.5, 0.6) is 0 Å². The monoisotopic (exact) mass is 511 g/mol. The van der Waals surface area contributed by atoms with Gasteiger partial charge in [0.15, 0.2) is 0 Å². The lowest BCUT2D eigenvalue weighted by Gasteiger charge is -2.20. The molecule has 35 heavy (non-hydrogen) atoms. The van der Waals surface area contributed by atoms with Crippen LogP contribution in [0, 0.1) is 0 Å². The molecule has 3 N–H and O–H groups in total. The minimum Gasteiger partial charge on any atom is -0.406 e. The number of fused-ring (bicyclic) bond motifs is 3. The van der Waals surface area contributed by atoms with Crippen molar-refractivity contribution < 1.29 is 32.2 Å². The van der Waals surface area contributed by atoms with Crippen molar-refractivity contribution in [3.8, 4) is 0 Å². The van der Waals surface area contributed by atoms with Crippen molar-refractivity contribution in [3.63, 3.8) is 0 Å². The molecule has 188 valence electrons. The summed E-state index contributed by atoms with van der Waals surface area (Å²) in [5, 5.41) is 3.63. The number of pyridine rings is 1. The molecule has 1 aliphatic rings. The van der Waals surface area contributed by atoms with Crippen molar-refractivity contribution in [3.05, 3.63) is 70.5 Å². The summed E-state index contributed by atoms with van der Waals surface area (Å²) in [5.74, 6) is -0.796. The lowest BCUT2D eigenvalue weighted by molar-refractivity contribution is -0.303. The van der Waals surface area contributed by atoms with Gasteiger partial charge in [0.05, 0.1) is 42.0 Å². The number of anilines is 1. The van der Waals surface area contributed by atoms with Crippen molar-refractivity contribution in [1.82, 2.24) is 10.3 Å². The van der Waals surface area contributed by atoms with E-state index in [1.807, 2.05) is 6.92 Å². The van der Waals surface area contributed by atoms with Gasteiger partial charge in [-0.05, 0) is 35.8 Å². The molecule has 0 spiro atoms. The number of allylic oxidation sites excluding steroid dienone is 1. The highest BCUT2D eigenvalue weighted by molar-refractivity contribution is 6.34. The number of carbonyl (C=O) groups excluding carboxylic acids is 1. The van der Waals surface area contributed by atoms with E-state index in [2.05, 4.69) is 28.2 Å². The van der Waals surface area contributed by atoms with Crippen molar-refractivity contribution in [2.45, 2.75) is 39.0 Å². The SMILES string of the molecule is C=C(/C=C\C(=C)[C@@H](COCCC)NC(=O)c1cc2c3c(c(N)nc2cc1Cl)COC3)OC(F)(F)F. The van der Waals surface area contributed by atoms with Crippen LogP contribution in [-0.2, 0) is 27.4 Å². The fraction of sp³-hybridized carbons (Fsp3) is 0.333. The third-order valence-electron chi connectivity index (χ3n) is 5.18. The molecule has 0 unspecified atom stereocenters. The van der Waals surface area contributed by atoms with E-state index in [-0.39, 0.29) is 22.8 Å². The van der Waals surface area contributed by atoms with E-state index in [4.69, 9.17) is 26.8 Å². The number of nitrogen functional groups attached to an aromatic ring is 1. The van der Waals surface area contributed by atoms with Gasteiger partial charge in [0, 0.05) is 17.6 Å². The number of hydrogen-bond acceptors (Lipinski definition) is 6. The van der Waals surface area contributed by atoms with Gasteiger partial charge in [-0.25, -0.2) is 4.98 Å². The molecule has 7 nitrogen and oxygen atoms in total. The van der Waals surface area contributed by atoms with Gasteiger partial charge in [0.1, 0.15) is 11.6 Å². The number of amides is 1. The van der Waals surface area contributed by atoms with E-state index in [1.54, 1.807) is 12.1 Å². The number of nitrogens with one attached hydrogen (secondary N) is 1. The maximum Gasteiger partial charge on any atom is 0.573 e. The molecule has 0 saturated heterocycles. The number of hydrogen-bond donors (Lipinski definition) is 2. The van der Waals surface area contributed by atoms with Gasteiger partial charge in [-0.1, -0.05) is 37.8 Å². The first-order valence-electron chi connectivity index (χ1n) is 10.7. The zero-order valence-corrected chi connectivity index (χ0v) is 19.8. The van der Waals surface area contributed by atoms with Crippen molar-refractivity contribution in [1.29, 1.82) is 0 Å². The van der Waals surface area contributed by atoms with E-state index >= 15 is 0 Å². The summed E-state index contributed by atoms with van der Waals surface area (Å²) in [6, 6.07) is 2.42. The average molecular weight is 512 g/mol. The maximum absolute atomic E-state index is 13.2. The van der Waals surface area contributed by atoms with E-state index in [0.29, 0.717) is 36.5 Å². The highest BCUT2D eigenvalue weighted by atomic mass is 35.5. The van der Waals surface area contributed by atoms with Gasteiger partial charge in [0.25, 0.3) is 5.91 Å². The number of ether oxygens (including phenoxy) is 3. The second kappa shape index (κ2) is 11.1. The summed E-state index contributed by atoms with van der Waals surface area (Å²) in [4.78, 5) is 17.5. The normalized spacial score (nSPS) is 14.2. The summed E-state index contributed by atoms with van der Waals surface area (Å²) in [7, 11) is 0. The van der Waals surface area contributed by atoms with Crippen LogP contribution in [0.3, 0.4) is 0 Å². The Labute approximate surface area is 205 Å². The number of rotatable bonds is 10. The van der Waals surface area contributed by atoms with Gasteiger partial charge in [0.2, 0.25) is 0 Å². The van der Waals surface area contributed by atoms with Crippen molar-refractivity contribution in [2.24, 2.45) is 0 Å². The van der Waals surface area contributed by atoms with Gasteiger partial charge in [-0.15, -0.1) is 13.2 Å². The lowest BCUT2D eigenvalue weighted by Crippen LogP contribution is -2.39. The number of halogens is 4. The van der Waals surface area contributed by atoms with Crippen LogP contribution < -0.4 is 11.1 Å². The highest BCUT2D eigenvalue weighted by Crippen LogP contribution is 2.34. The van der Waals surface area contributed by atoms with Gasteiger partial charge < -0.3 is 25.3 Å². The Hall–Kier alpha value is -3.08. The zero-order valence-electron chi connectivity index (χ0n) is 19.0. The second-order valence-corrected chi connectivity index (χ2v) is 8.23. The molecule has 1 aromatic heterocycles. The average Bonchev–Trinajstić information content (AvgIpc) is 3.26. The zero-order chi connectivity index (χ0) is 25.8. The Morgan fingerprint density at radius 2 is 2.03 bits per heavy atom. The number of nitrogens with zero attached hydrogens (tertiary/aromatic N) is 1. The third kappa shape index (κ3) is 6.74. The molecule has 2 aromatic rings. The van der Waals surface area contributed by atoms with E-state index in [9.17, 15) is 18.0 Å². The maximum atomic E-state index is 13.2. The van der Waals surface area contributed by atoms with E-state index in [1.165, 1.54) is 6.08 Å². The number of nitrogens with two attached hydrogens (primary N) is 1. The molecule has 3 rings (SSSR count). The predicted molar refractivity (Wildman–Crippen MR) is 127 cm³/mol. The number of carbonyl (C=O) groups is 1. The largest absolute Gasteiger partial charge is 0.573 e. The topological polar surface area (TPSA) is 95.7 Å². The van der Waals surface area contributed by atoms with Crippen LogP contribution in [0.15, 0.2) is 48.8 Å². The van der Waals surface area contributed by atoms with Gasteiger partial charge in [-0.2, -0.15) is 0 Å². The number of benzene rings is 1. The minimum absolute atomic E-state index is 0.0435. The van der Waals surface area contributed by atoms with Crippen molar-refractivity contribution in [2.75, 3.05) is 18.9 Å². The lowest BCUT2D eigenvalue weighted by atomic mass is 10.0. The van der Waals surface area contributed by atoms with Crippen molar-refractivity contribution >= 4 is 34.2 Å². The Kier molecular flexibility index (Phi) is 8.42. The standard InChI is InChI=1S/C24H25ClF3N3O4/c1-4-7-33-12-21(13(2)5-6-14(3)35-24(26,27)28)31-23(32)16-8-15-17-10-34-11-18(17)22(29)30-20(15)9-19(16)25/h5-6,8-9,21H,2-4,7,10-12H2,1H3,(H2,29,30)(H,31,32)/b6-5-/t21-/m1/s1. The summed E-state index contributed by atoms with van der Waals surface area (Å²) >= 11 is 6.38. The molecule has 0 aliphatic carbocycles. The Morgan fingerprint density at radius 3 is 2.71 bits per heavy atom. The minimum atomic E-state index is -4.86. The van der Waals surface area contributed by atoms with E-state index in [0.717, 1.165) is 23.6 Å². The van der Waals surface area contributed by atoms with E-state index < -0.39 is 24.1 Å². The summed E-state index contributed by atoms with van der Waals surface area (Å²) in [6.07, 6.45) is -1.85. The van der Waals surface area contributed by atoms with Crippen LogP contribution >= 0.6 is 11.6 Å². The fourth-order valence-corrected chi connectivity index (χ4v) is 3.73. The fourth-order valence-electron chi connectivity index (χ4n) is 3.49. The van der Waals surface area contributed by atoms with Crippen LogP contribution in [0.25, 0.3) is 10.9 Å². The predicted octanol–water partition coefficient (Wildman–Crippen LogP) is 5.19. The number of aromatic nitrogens is 1. The summed E-state index contributed by atoms with van der Waals surface area (Å²) < 4.78 is 51.8. The van der Waals surface area contributed by atoms with Gasteiger partial charge in [-0.3, -0.25) is 4.79 Å². The van der Waals surface area contributed by atoms with Crippen LogP contribution in [0.1, 0.15) is 34.8 Å². The third-order valence-corrected chi connectivity index (χ3v) is 5.49.